The monoisotopic (exact) mass is 379 g/mol. The first-order chi connectivity index (χ1) is 13.5. The molecule has 0 saturated heterocycles. The smallest absolute Gasteiger partial charge is 0.200 e. The molecule has 140 valence electrons. The zero-order chi connectivity index (χ0) is 19.4. The number of imidazole rings is 1. The van der Waals surface area contributed by atoms with E-state index in [4.69, 9.17) is 5.73 Å². The molecule has 0 fully saturated rings. The molecule has 0 aliphatic heterocycles. The van der Waals surface area contributed by atoms with Gasteiger partial charge in [0.15, 0.2) is 23.2 Å². The van der Waals surface area contributed by atoms with Crippen molar-refractivity contribution in [1.29, 1.82) is 0 Å². The predicted molar refractivity (Wildman–Crippen MR) is 98.8 cm³/mol. The molecule has 0 saturated carbocycles. The van der Waals surface area contributed by atoms with Gasteiger partial charge in [-0.05, 0) is 36.1 Å². The van der Waals surface area contributed by atoms with Crippen LogP contribution in [0.25, 0.3) is 16.8 Å². The largest absolute Gasteiger partial charge is 0.505 e. The van der Waals surface area contributed by atoms with Gasteiger partial charge in [0.1, 0.15) is 23.4 Å². The third kappa shape index (κ3) is 2.41. The van der Waals surface area contributed by atoms with Gasteiger partial charge >= 0.3 is 0 Å². The summed E-state index contributed by atoms with van der Waals surface area (Å²) < 4.78 is 29.0. The van der Waals surface area contributed by atoms with Crippen LogP contribution in [0.3, 0.4) is 0 Å². The fourth-order valence-electron chi connectivity index (χ4n) is 3.90. The van der Waals surface area contributed by atoms with E-state index in [-0.39, 0.29) is 17.3 Å². The number of anilines is 1. The molecule has 0 spiro atoms. The number of hydrogen-bond donors (Lipinski definition) is 2. The van der Waals surface area contributed by atoms with Crippen molar-refractivity contribution >= 4 is 11.3 Å². The van der Waals surface area contributed by atoms with E-state index in [0.29, 0.717) is 17.0 Å². The van der Waals surface area contributed by atoms with Gasteiger partial charge in [-0.25, -0.2) is 18.9 Å². The average Bonchev–Trinajstić information content (AvgIpc) is 3.27. The number of aromatic hydroxyl groups is 1. The number of fused-ring (bicyclic) bond motifs is 2. The third-order valence-corrected chi connectivity index (χ3v) is 5.18. The SMILES string of the molecule is Nc1ncnn2c(C3Cc4ccccc4C3)nc(-c3cc(O)c(F)c(F)c3)c12. The van der Waals surface area contributed by atoms with Gasteiger partial charge in [0, 0.05) is 11.5 Å². The van der Waals surface area contributed by atoms with Crippen LogP contribution in [0.4, 0.5) is 14.6 Å². The summed E-state index contributed by atoms with van der Waals surface area (Å²) >= 11 is 0. The number of aromatic nitrogens is 4. The van der Waals surface area contributed by atoms with Crippen molar-refractivity contribution in [2.24, 2.45) is 0 Å². The Morgan fingerprint density at radius 1 is 1.11 bits per heavy atom. The fourth-order valence-corrected chi connectivity index (χ4v) is 3.90. The second kappa shape index (κ2) is 5.98. The number of nitrogens with two attached hydrogens (primary N) is 1. The zero-order valence-electron chi connectivity index (χ0n) is 14.6. The fraction of sp³-hybridized carbons (Fsp3) is 0.150. The predicted octanol–water partition coefficient (Wildman–Crippen LogP) is 3.24. The van der Waals surface area contributed by atoms with Gasteiger partial charge in [0.25, 0.3) is 0 Å². The Hall–Kier alpha value is -3.55. The van der Waals surface area contributed by atoms with Crippen LogP contribution in [0.15, 0.2) is 42.7 Å². The summed E-state index contributed by atoms with van der Waals surface area (Å²) in [7, 11) is 0. The van der Waals surface area contributed by atoms with E-state index in [9.17, 15) is 13.9 Å². The topological polar surface area (TPSA) is 89.3 Å². The first-order valence-electron chi connectivity index (χ1n) is 8.77. The first kappa shape index (κ1) is 16.6. The highest BCUT2D eigenvalue weighted by Gasteiger charge is 2.29. The molecule has 2 aromatic heterocycles. The van der Waals surface area contributed by atoms with Gasteiger partial charge in [0.2, 0.25) is 0 Å². The van der Waals surface area contributed by atoms with E-state index >= 15 is 0 Å². The number of phenols is 1. The summed E-state index contributed by atoms with van der Waals surface area (Å²) in [6.07, 6.45) is 2.92. The van der Waals surface area contributed by atoms with Crippen molar-refractivity contribution in [3.63, 3.8) is 0 Å². The summed E-state index contributed by atoms with van der Waals surface area (Å²) in [5.41, 5.74) is 9.46. The van der Waals surface area contributed by atoms with Crippen molar-refractivity contribution in [2.75, 3.05) is 5.73 Å². The van der Waals surface area contributed by atoms with Crippen LogP contribution >= 0.6 is 0 Å². The number of nitrogens with zero attached hydrogens (tertiary/aromatic N) is 4. The second-order valence-electron chi connectivity index (χ2n) is 6.89. The molecule has 4 aromatic rings. The van der Waals surface area contributed by atoms with Crippen LogP contribution in [0.1, 0.15) is 22.9 Å². The molecule has 2 heterocycles. The molecule has 0 bridgehead atoms. The maximum Gasteiger partial charge on any atom is 0.200 e. The van der Waals surface area contributed by atoms with Gasteiger partial charge in [-0.15, -0.1) is 0 Å². The number of nitrogen functional groups attached to an aromatic ring is 1. The normalized spacial score (nSPS) is 13.9. The maximum atomic E-state index is 13.9. The lowest BCUT2D eigenvalue weighted by atomic mass is 10.1. The molecule has 0 amide bonds. The minimum atomic E-state index is -1.30. The number of halogens is 2. The number of benzene rings is 2. The third-order valence-electron chi connectivity index (χ3n) is 5.18. The van der Waals surface area contributed by atoms with Crippen LogP contribution in [-0.4, -0.2) is 24.7 Å². The van der Waals surface area contributed by atoms with Crippen LogP contribution < -0.4 is 5.73 Å². The summed E-state index contributed by atoms with van der Waals surface area (Å²) in [6.45, 7) is 0. The lowest BCUT2D eigenvalue weighted by molar-refractivity contribution is 0.407. The minimum Gasteiger partial charge on any atom is -0.505 e. The van der Waals surface area contributed by atoms with E-state index < -0.39 is 17.4 Å². The molecule has 0 unspecified atom stereocenters. The lowest BCUT2D eigenvalue weighted by Crippen LogP contribution is -2.07. The maximum absolute atomic E-state index is 13.9. The van der Waals surface area contributed by atoms with Gasteiger partial charge in [-0.1, -0.05) is 24.3 Å². The summed E-state index contributed by atoms with van der Waals surface area (Å²) in [6, 6.07) is 10.3. The van der Waals surface area contributed by atoms with E-state index in [1.807, 2.05) is 12.1 Å². The molecule has 0 radical (unpaired) electrons. The highest BCUT2D eigenvalue weighted by atomic mass is 19.2. The van der Waals surface area contributed by atoms with Crippen LogP contribution in [0.2, 0.25) is 0 Å². The molecule has 5 rings (SSSR count). The van der Waals surface area contributed by atoms with Crippen LogP contribution in [-0.2, 0) is 12.8 Å². The Kier molecular flexibility index (Phi) is 3.55. The van der Waals surface area contributed by atoms with E-state index in [1.165, 1.54) is 17.5 Å². The van der Waals surface area contributed by atoms with Gasteiger partial charge < -0.3 is 10.8 Å². The Labute approximate surface area is 158 Å². The van der Waals surface area contributed by atoms with Gasteiger partial charge in [-0.2, -0.15) is 9.49 Å². The molecule has 28 heavy (non-hydrogen) atoms. The van der Waals surface area contributed by atoms with Crippen LogP contribution in [0.5, 0.6) is 5.75 Å². The molecular weight excluding hydrogens is 364 g/mol. The lowest BCUT2D eigenvalue weighted by Gasteiger charge is -2.07. The number of hydrogen-bond acceptors (Lipinski definition) is 5. The molecule has 2 aromatic carbocycles. The second-order valence-corrected chi connectivity index (χ2v) is 6.89. The zero-order valence-corrected chi connectivity index (χ0v) is 14.6. The van der Waals surface area contributed by atoms with Crippen molar-refractivity contribution in [3.8, 4) is 17.0 Å². The van der Waals surface area contributed by atoms with Gasteiger partial charge in [-0.3, -0.25) is 0 Å². The average molecular weight is 379 g/mol. The summed E-state index contributed by atoms with van der Waals surface area (Å²) in [5.74, 6) is -2.36. The van der Waals surface area contributed by atoms with Crippen LogP contribution in [0, 0.1) is 11.6 Å². The summed E-state index contributed by atoms with van der Waals surface area (Å²) in [5, 5.41) is 14.0. The van der Waals surface area contributed by atoms with E-state index in [1.54, 1.807) is 4.52 Å². The Balaban J connectivity index is 1.70. The summed E-state index contributed by atoms with van der Waals surface area (Å²) in [4.78, 5) is 8.69. The molecule has 6 nitrogen and oxygen atoms in total. The van der Waals surface area contributed by atoms with Crippen molar-refractivity contribution in [2.45, 2.75) is 18.8 Å². The Morgan fingerprint density at radius 3 is 2.50 bits per heavy atom. The first-order valence-corrected chi connectivity index (χ1v) is 8.77. The van der Waals surface area contributed by atoms with Crippen molar-refractivity contribution in [1.82, 2.24) is 19.6 Å². The molecule has 8 heteroatoms. The Morgan fingerprint density at radius 2 is 1.82 bits per heavy atom. The number of rotatable bonds is 2. The van der Waals surface area contributed by atoms with Crippen molar-refractivity contribution in [3.05, 3.63) is 71.3 Å². The van der Waals surface area contributed by atoms with E-state index in [0.717, 1.165) is 25.0 Å². The van der Waals surface area contributed by atoms with Gasteiger partial charge in [0.05, 0.1) is 0 Å². The quantitative estimate of drug-likeness (QED) is 0.558. The van der Waals surface area contributed by atoms with Crippen molar-refractivity contribution < 1.29 is 13.9 Å². The molecular formula is C20H15F2N5O. The standard InChI is InChI=1S/C20H15F2N5O/c21-14-7-12(8-15(28)16(14)22)17-18-19(23)24-9-25-27(18)20(26-17)13-5-10-3-1-2-4-11(10)6-13/h1-4,7-9,13,28H,5-6H2,(H2,23,24,25). The highest BCUT2D eigenvalue weighted by Crippen LogP contribution is 2.37. The van der Waals surface area contributed by atoms with E-state index in [2.05, 4.69) is 27.2 Å². The minimum absolute atomic E-state index is 0.0619. The molecule has 1 aliphatic carbocycles. The number of phenolic OH excluding ortho intramolecular Hbond substituents is 1. The molecule has 1 aliphatic rings. The molecule has 3 N–H and O–H groups in total. The Bertz CT molecular complexity index is 1190. The molecule has 0 atom stereocenters. The highest BCUT2D eigenvalue weighted by molar-refractivity contribution is 5.85.